The van der Waals surface area contributed by atoms with E-state index in [0.717, 1.165) is 36.0 Å². The number of hydrogen-bond donors (Lipinski definition) is 2. The Hall–Kier alpha value is -1.56. The summed E-state index contributed by atoms with van der Waals surface area (Å²) < 4.78 is 0.779. The molecule has 0 bridgehead atoms. The number of carbonyl (C=O) groups excluding carboxylic acids is 1. The van der Waals surface area contributed by atoms with Crippen molar-refractivity contribution in [3.8, 4) is 0 Å². The monoisotopic (exact) mass is 340 g/mol. The number of carboxylic acids is 1. The third-order valence-electron chi connectivity index (χ3n) is 3.57. The number of carbonyl (C=O) groups is 2. The van der Waals surface area contributed by atoms with E-state index in [9.17, 15) is 9.59 Å². The van der Waals surface area contributed by atoms with E-state index in [0.29, 0.717) is 5.56 Å². The van der Waals surface area contributed by atoms with Crippen molar-refractivity contribution in [2.45, 2.75) is 31.7 Å². The smallest absolute Gasteiger partial charge is 0.305 e. The fourth-order valence-corrected chi connectivity index (χ4v) is 3.05. The van der Waals surface area contributed by atoms with Crippen LogP contribution in [-0.2, 0) is 4.79 Å². The van der Waals surface area contributed by atoms with Gasteiger partial charge in [0, 0.05) is 22.7 Å². The average molecular weight is 341 g/mol. The molecule has 0 saturated carbocycles. The molecule has 1 aliphatic heterocycles. The highest BCUT2D eigenvalue weighted by atomic mass is 79.9. The molecule has 1 atom stereocenters. The maximum Gasteiger partial charge on any atom is 0.305 e. The molecule has 6 heteroatoms. The second-order valence-electron chi connectivity index (χ2n) is 4.97. The minimum absolute atomic E-state index is 0.0776. The van der Waals surface area contributed by atoms with Gasteiger partial charge in [-0.2, -0.15) is 0 Å². The van der Waals surface area contributed by atoms with E-state index >= 15 is 0 Å². The van der Waals surface area contributed by atoms with Crippen LogP contribution in [0.4, 0.5) is 5.69 Å². The molecule has 1 unspecified atom stereocenters. The van der Waals surface area contributed by atoms with Crippen LogP contribution in [0.1, 0.15) is 36.0 Å². The summed E-state index contributed by atoms with van der Waals surface area (Å²) in [5.41, 5.74) is 6.59. The van der Waals surface area contributed by atoms with Gasteiger partial charge in [0.05, 0.1) is 12.0 Å². The van der Waals surface area contributed by atoms with Gasteiger partial charge in [-0.1, -0.05) is 15.9 Å². The standard InChI is InChI=1S/C14H17BrN2O3/c15-9-4-5-12(11(7-9)14(16)20)17-6-2-1-3-10(17)8-13(18)19/h4-5,7,10H,1-3,6,8H2,(H2,16,20)(H,18,19). The van der Waals surface area contributed by atoms with Gasteiger partial charge in [0.1, 0.15) is 0 Å². The van der Waals surface area contributed by atoms with Gasteiger partial charge in [0.15, 0.2) is 0 Å². The van der Waals surface area contributed by atoms with Crippen LogP contribution in [0.5, 0.6) is 0 Å². The molecule has 0 spiro atoms. The fraction of sp³-hybridized carbons (Fsp3) is 0.429. The molecule has 1 fully saturated rings. The molecule has 1 amide bonds. The molecule has 1 heterocycles. The number of primary amides is 1. The average Bonchev–Trinajstić information content (AvgIpc) is 2.39. The van der Waals surface area contributed by atoms with Crippen molar-refractivity contribution in [1.29, 1.82) is 0 Å². The summed E-state index contributed by atoms with van der Waals surface area (Å²) in [5, 5.41) is 9.03. The third kappa shape index (κ3) is 3.30. The van der Waals surface area contributed by atoms with Crippen LogP contribution in [0.25, 0.3) is 0 Å². The number of carboxylic acid groups (broad SMARTS) is 1. The molecule has 1 saturated heterocycles. The lowest BCUT2D eigenvalue weighted by atomic mass is 9.97. The van der Waals surface area contributed by atoms with E-state index in [-0.39, 0.29) is 12.5 Å². The van der Waals surface area contributed by atoms with E-state index in [1.54, 1.807) is 6.07 Å². The zero-order valence-electron chi connectivity index (χ0n) is 11.0. The first kappa shape index (κ1) is 14.8. The third-order valence-corrected chi connectivity index (χ3v) is 4.06. The van der Waals surface area contributed by atoms with Gasteiger partial charge >= 0.3 is 5.97 Å². The van der Waals surface area contributed by atoms with Gasteiger partial charge in [-0.3, -0.25) is 9.59 Å². The molecular weight excluding hydrogens is 324 g/mol. The van der Waals surface area contributed by atoms with Crippen molar-refractivity contribution >= 4 is 33.5 Å². The Balaban J connectivity index is 2.36. The van der Waals surface area contributed by atoms with Crippen LogP contribution in [0.2, 0.25) is 0 Å². The van der Waals surface area contributed by atoms with Gasteiger partial charge in [0.25, 0.3) is 5.91 Å². The largest absolute Gasteiger partial charge is 0.481 e. The Morgan fingerprint density at radius 2 is 2.15 bits per heavy atom. The number of amides is 1. The quantitative estimate of drug-likeness (QED) is 0.881. The summed E-state index contributed by atoms with van der Waals surface area (Å²) >= 11 is 3.32. The maximum absolute atomic E-state index is 11.6. The first-order chi connectivity index (χ1) is 9.49. The summed E-state index contributed by atoms with van der Waals surface area (Å²) in [4.78, 5) is 24.6. The SMILES string of the molecule is NC(=O)c1cc(Br)ccc1N1CCCCC1CC(=O)O. The molecule has 108 valence electrons. The molecule has 0 aromatic heterocycles. The van der Waals surface area contributed by atoms with Crippen LogP contribution >= 0.6 is 15.9 Å². The molecule has 0 aliphatic carbocycles. The Morgan fingerprint density at radius 3 is 2.80 bits per heavy atom. The van der Waals surface area contributed by atoms with Crippen molar-refractivity contribution < 1.29 is 14.7 Å². The minimum Gasteiger partial charge on any atom is -0.481 e. The Morgan fingerprint density at radius 1 is 1.40 bits per heavy atom. The molecule has 20 heavy (non-hydrogen) atoms. The van der Waals surface area contributed by atoms with E-state index in [2.05, 4.69) is 15.9 Å². The van der Waals surface area contributed by atoms with Gasteiger partial charge in [-0.15, -0.1) is 0 Å². The number of anilines is 1. The van der Waals surface area contributed by atoms with Crippen molar-refractivity contribution in [2.75, 3.05) is 11.4 Å². The second kappa shape index (κ2) is 6.26. The normalized spacial score (nSPS) is 18.9. The number of aliphatic carboxylic acids is 1. The van der Waals surface area contributed by atoms with Crippen molar-refractivity contribution in [1.82, 2.24) is 0 Å². The number of benzene rings is 1. The number of hydrogen-bond acceptors (Lipinski definition) is 3. The highest BCUT2D eigenvalue weighted by Gasteiger charge is 2.27. The van der Waals surface area contributed by atoms with Crippen LogP contribution < -0.4 is 10.6 Å². The van der Waals surface area contributed by atoms with Gasteiger partial charge in [-0.25, -0.2) is 0 Å². The van der Waals surface area contributed by atoms with E-state index in [1.165, 1.54) is 0 Å². The minimum atomic E-state index is -0.820. The molecule has 1 aromatic carbocycles. The predicted octanol–water partition coefficient (Wildman–Crippen LogP) is 2.38. The highest BCUT2D eigenvalue weighted by molar-refractivity contribution is 9.10. The molecular formula is C14H17BrN2O3. The zero-order chi connectivity index (χ0) is 14.7. The lowest BCUT2D eigenvalue weighted by Crippen LogP contribution is -2.42. The molecule has 3 N–H and O–H groups in total. The summed E-state index contributed by atoms with van der Waals surface area (Å²) in [6, 6.07) is 5.27. The number of nitrogens with zero attached hydrogens (tertiary/aromatic N) is 1. The topological polar surface area (TPSA) is 83.6 Å². The fourth-order valence-electron chi connectivity index (χ4n) is 2.69. The molecule has 2 rings (SSSR count). The lowest BCUT2D eigenvalue weighted by Gasteiger charge is -2.37. The summed E-state index contributed by atoms with van der Waals surface area (Å²) in [6.45, 7) is 0.750. The van der Waals surface area contributed by atoms with Crippen LogP contribution in [-0.4, -0.2) is 29.6 Å². The summed E-state index contributed by atoms with van der Waals surface area (Å²) in [5.74, 6) is -1.32. The molecule has 1 aromatic rings. The number of nitrogens with two attached hydrogens (primary N) is 1. The number of rotatable bonds is 4. The maximum atomic E-state index is 11.6. The van der Waals surface area contributed by atoms with Gasteiger partial charge < -0.3 is 15.7 Å². The van der Waals surface area contributed by atoms with Crippen molar-refractivity contribution in [3.05, 3.63) is 28.2 Å². The van der Waals surface area contributed by atoms with E-state index in [4.69, 9.17) is 10.8 Å². The van der Waals surface area contributed by atoms with Crippen molar-refractivity contribution in [2.24, 2.45) is 5.73 Å². The second-order valence-corrected chi connectivity index (χ2v) is 5.88. The number of piperidine rings is 1. The van der Waals surface area contributed by atoms with Crippen LogP contribution in [0.15, 0.2) is 22.7 Å². The van der Waals surface area contributed by atoms with E-state index < -0.39 is 11.9 Å². The van der Waals surface area contributed by atoms with Gasteiger partial charge in [-0.05, 0) is 37.5 Å². The molecule has 5 nitrogen and oxygen atoms in total. The summed E-state index contributed by atoms with van der Waals surface area (Å²) in [6.07, 6.45) is 2.90. The molecule has 0 radical (unpaired) electrons. The van der Waals surface area contributed by atoms with Crippen LogP contribution in [0, 0.1) is 0 Å². The first-order valence-electron chi connectivity index (χ1n) is 6.57. The molecule has 1 aliphatic rings. The Kier molecular flexibility index (Phi) is 4.65. The zero-order valence-corrected chi connectivity index (χ0v) is 12.6. The Labute approximate surface area is 125 Å². The van der Waals surface area contributed by atoms with Crippen molar-refractivity contribution in [3.63, 3.8) is 0 Å². The summed E-state index contributed by atoms with van der Waals surface area (Å²) in [7, 11) is 0. The number of halogens is 1. The van der Waals surface area contributed by atoms with Crippen LogP contribution in [0.3, 0.4) is 0 Å². The first-order valence-corrected chi connectivity index (χ1v) is 7.36. The van der Waals surface area contributed by atoms with E-state index in [1.807, 2.05) is 17.0 Å². The Bertz CT molecular complexity index is 533. The predicted molar refractivity (Wildman–Crippen MR) is 79.9 cm³/mol. The van der Waals surface area contributed by atoms with Gasteiger partial charge in [0.2, 0.25) is 0 Å². The highest BCUT2D eigenvalue weighted by Crippen LogP contribution is 2.31. The lowest BCUT2D eigenvalue weighted by molar-refractivity contribution is -0.137.